The molecular formula is C17H14N2O3. The molecule has 0 aliphatic rings. The van der Waals surface area contributed by atoms with Gasteiger partial charge < -0.3 is 9.57 Å². The molecule has 0 spiro atoms. The molecule has 0 saturated carbocycles. The molecule has 5 nitrogen and oxygen atoms in total. The number of aromatic nitrogens is 2. The summed E-state index contributed by atoms with van der Waals surface area (Å²) >= 11 is 0. The third-order valence-electron chi connectivity index (χ3n) is 3.96. The number of benzene rings is 2. The second-order valence-electron chi connectivity index (χ2n) is 5.07. The first-order valence-corrected chi connectivity index (χ1v) is 6.92. The summed E-state index contributed by atoms with van der Waals surface area (Å²) in [6.07, 6.45) is 0. The van der Waals surface area contributed by atoms with E-state index in [1.165, 1.54) is 11.8 Å². The molecule has 110 valence electrons. The predicted octanol–water partition coefficient (Wildman–Crippen LogP) is 2.47. The lowest BCUT2D eigenvalue weighted by Crippen LogP contribution is -2.30. The number of methoxy groups -OCH3 is 1. The van der Waals surface area contributed by atoms with Gasteiger partial charge in [0.15, 0.2) is 0 Å². The third-order valence-corrected chi connectivity index (χ3v) is 3.96. The van der Waals surface area contributed by atoms with Gasteiger partial charge in [-0.05, 0) is 30.3 Å². The summed E-state index contributed by atoms with van der Waals surface area (Å²) in [5.74, 6) is 0.764. The minimum absolute atomic E-state index is 0.226. The summed E-state index contributed by atoms with van der Waals surface area (Å²) in [5.41, 5.74) is 2.21. The van der Waals surface area contributed by atoms with E-state index in [4.69, 9.17) is 9.57 Å². The summed E-state index contributed by atoms with van der Waals surface area (Å²) < 4.78 is 8.24. The SMILES string of the molecule is COc1ccc2c(c1)cc1c3ccccc3n(OC)c(=O)n21. The van der Waals surface area contributed by atoms with Gasteiger partial charge >= 0.3 is 5.69 Å². The lowest BCUT2D eigenvalue weighted by Gasteiger charge is -2.10. The van der Waals surface area contributed by atoms with Crippen molar-refractivity contribution in [3.05, 3.63) is 59.0 Å². The second kappa shape index (κ2) is 4.53. The molecule has 0 aliphatic carbocycles. The molecular weight excluding hydrogens is 280 g/mol. The maximum atomic E-state index is 12.8. The van der Waals surface area contributed by atoms with Crippen LogP contribution in [-0.2, 0) is 0 Å². The minimum atomic E-state index is -0.226. The van der Waals surface area contributed by atoms with Gasteiger partial charge in [0.2, 0.25) is 0 Å². The van der Waals surface area contributed by atoms with Crippen LogP contribution in [0.2, 0.25) is 0 Å². The van der Waals surface area contributed by atoms with Crippen LogP contribution in [0.5, 0.6) is 5.75 Å². The Balaban J connectivity index is 2.30. The average molecular weight is 294 g/mol. The minimum Gasteiger partial charge on any atom is -0.497 e. The van der Waals surface area contributed by atoms with Crippen LogP contribution in [0.25, 0.3) is 27.3 Å². The zero-order valence-corrected chi connectivity index (χ0v) is 12.2. The van der Waals surface area contributed by atoms with Gasteiger partial charge in [0, 0.05) is 10.8 Å². The Morgan fingerprint density at radius 3 is 2.50 bits per heavy atom. The number of hydrogen-bond acceptors (Lipinski definition) is 3. The van der Waals surface area contributed by atoms with E-state index < -0.39 is 0 Å². The largest absolute Gasteiger partial charge is 0.497 e. The van der Waals surface area contributed by atoms with E-state index in [0.717, 1.165) is 33.1 Å². The Bertz CT molecular complexity index is 1080. The molecule has 0 unspecified atom stereocenters. The van der Waals surface area contributed by atoms with Crippen molar-refractivity contribution in [2.45, 2.75) is 0 Å². The molecule has 0 saturated heterocycles. The lowest BCUT2D eigenvalue weighted by molar-refractivity contribution is 0.164. The molecule has 5 heteroatoms. The smallest absolute Gasteiger partial charge is 0.366 e. The van der Waals surface area contributed by atoms with E-state index >= 15 is 0 Å². The van der Waals surface area contributed by atoms with Gasteiger partial charge in [-0.15, -0.1) is 4.73 Å². The maximum Gasteiger partial charge on any atom is 0.366 e. The normalized spacial score (nSPS) is 11.4. The summed E-state index contributed by atoms with van der Waals surface area (Å²) in [6.45, 7) is 0. The first-order valence-electron chi connectivity index (χ1n) is 6.92. The number of para-hydroxylation sites is 1. The Kier molecular flexibility index (Phi) is 2.63. The number of hydrogen-bond donors (Lipinski definition) is 0. The zero-order chi connectivity index (χ0) is 15.3. The first kappa shape index (κ1) is 12.8. The molecule has 2 aromatic heterocycles. The number of ether oxygens (including phenoxy) is 1. The molecule has 0 radical (unpaired) electrons. The van der Waals surface area contributed by atoms with Crippen molar-refractivity contribution in [2.24, 2.45) is 0 Å². The quantitative estimate of drug-likeness (QED) is 0.570. The zero-order valence-electron chi connectivity index (χ0n) is 12.2. The fourth-order valence-corrected chi connectivity index (χ4v) is 2.96. The molecule has 2 aromatic carbocycles. The molecule has 0 aliphatic heterocycles. The van der Waals surface area contributed by atoms with Crippen LogP contribution in [0, 0.1) is 0 Å². The molecule has 0 atom stereocenters. The van der Waals surface area contributed by atoms with Gasteiger partial charge in [-0.25, -0.2) is 4.79 Å². The van der Waals surface area contributed by atoms with Gasteiger partial charge in [-0.1, -0.05) is 18.2 Å². The van der Waals surface area contributed by atoms with E-state index in [0.29, 0.717) is 0 Å². The third kappa shape index (κ3) is 1.56. The molecule has 4 aromatic rings. The second-order valence-corrected chi connectivity index (χ2v) is 5.07. The molecule has 0 amide bonds. The lowest BCUT2D eigenvalue weighted by atomic mass is 10.2. The van der Waals surface area contributed by atoms with E-state index in [1.54, 1.807) is 11.5 Å². The van der Waals surface area contributed by atoms with Crippen molar-refractivity contribution in [3.63, 3.8) is 0 Å². The highest BCUT2D eigenvalue weighted by atomic mass is 16.7. The number of nitrogens with zero attached hydrogens (tertiary/aromatic N) is 2. The average Bonchev–Trinajstić information content (AvgIpc) is 2.94. The Labute approximate surface area is 125 Å². The highest BCUT2D eigenvalue weighted by Crippen LogP contribution is 2.27. The summed E-state index contributed by atoms with van der Waals surface area (Å²) in [6, 6.07) is 15.4. The summed E-state index contributed by atoms with van der Waals surface area (Å²) in [5, 5.41) is 1.91. The van der Waals surface area contributed by atoms with E-state index in [2.05, 4.69) is 0 Å². The topological polar surface area (TPSA) is 44.9 Å². The summed E-state index contributed by atoms with van der Waals surface area (Å²) in [7, 11) is 3.12. The molecule has 4 rings (SSSR count). The number of fused-ring (bicyclic) bond motifs is 5. The van der Waals surface area contributed by atoms with Gasteiger partial charge in [-0.2, -0.15) is 0 Å². The van der Waals surface area contributed by atoms with Crippen LogP contribution >= 0.6 is 0 Å². The van der Waals surface area contributed by atoms with Gasteiger partial charge in [0.1, 0.15) is 12.9 Å². The predicted molar refractivity (Wildman–Crippen MR) is 85.7 cm³/mol. The Morgan fingerprint density at radius 1 is 0.909 bits per heavy atom. The van der Waals surface area contributed by atoms with Crippen LogP contribution in [0.15, 0.2) is 53.3 Å². The molecule has 22 heavy (non-hydrogen) atoms. The van der Waals surface area contributed by atoms with Crippen LogP contribution in [0.4, 0.5) is 0 Å². The first-order chi connectivity index (χ1) is 10.7. The summed E-state index contributed by atoms with van der Waals surface area (Å²) in [4.78, 5) is 18.1. The van der Waals surface area contributed by atoms with Gasteiger partial charge in [-0.3, -0.25) is 4.40 Å². The maximum absolute atomic E-state index is 12.8. The van der Waals surface area contributed by atoms with E-state index in [9.17, 15) is 4.79 Å². The molecule has 0 fully saturated rings. The van der Waals surface area contributed by atoms with Crippen molar-refractivity contribution in [3.8, 4) is 5.75 Å². The van der Waals surface area contributed by atoms with Crippen molar-refractivity contribution in [1.29, 1.82) is 0 Å². The fraction of sp³-hybridized carbons (Fsp3) is 0.118. The fourth-order valence-electron chi connectivity index (χ4n) is 2.96. The molecule has 2 heterocycles. The van der Waals surface area contributed by atoms with Crippen LogP contribution in [-0.4, -0.2) is 23.4 Å². The molecule has 0 N–H and O–H groups in total. The standard InChI is InChI=1S/C17H14N2O3/c1-21-12-7-8-14-11(9-12)10-16-13-5-3-4-6-15(13)19(22-2)17(20)18(14)16/h3-10H,1-2H3. The van der Waals surface area contributed by atoms with Gasteiger partial charge in [0.05, 0.1) is 23.7 Å². The van der Waals surface area contributed by atoms with Crippen molar-refractivity contribution in [2.75, 3.05) is 14.2 Å². The highest BCUT2D eigenvalue weighted by Gasteiger charge is 2.14. The van der Waals surface area contributed by atoms with E-state index in [1.807, 2.05) is 48.5 Å². The monoisotopic (exact) mass is 294 g/mol. The van der Waals surface area contributed by atoms with Crippen molar-refractivity contribution >= 4 is 27.3 Å². The van der Waals surface area contributed by atoms with E-state index in [-0.39, 0.29) is 5.69 Å². The Morgan fingerprint density at radius 2 is 1.73 bits per heavy atom. The number of rotatable bonds is 2. The van der Waals surface area contributed by atoms with Crippen LogP contribution in [0.1, 0.15) is 0 Å². The highest BCUT2D eigenvalue weighted by molar-refractivity contribution is 6.00. The van der Waals surface area contributed by atoms with Crippen LogP contribution in [0.3, 0.4) is 0 Å². The van der Waals surface area contributed by atoms with Crippen LogP contribution < -0.4 is 15.3 Å². The van der Waals surface area contributed by atoms with Gasteiger partial charge in [0.25, 0.3) is 0 Å². The molecule has 0 bridgehead atoms. The van der Waals surface area contributed by atoms with Crippen molar-refractivity contribution in [1.82, 2.24) is 9.13 Å². The van der Waals surface area contributed by atoms with Crippen molar-refractivity contribution < 1.29 is 9.57 Å². The Hall–Kier alpha value is -2.95.